The average molecular weight is 355 g/mol. The van der Waals surface area contributed by atoms with Gasteiger partial charge in [0.1, 0.15) is 0 Å². The topological polar surface area (TPSA) is 102 Å². The third-order valence-electron chi connectivity index (χ3n) is 4.06. The van der Waals surface area contributed by atoms with Gasteiger partial charge in [-0.05, 0) is 31.5 Å². The molecule has 1 heterocycles. The number of amides is 1. The van der Waals surface area contributed by atoms with Crippen LogP contribution in [-0.4, -0.2) is 51.1 Å². The predicted octanol–water partition coefficient (Wildman–Crippen LogP) is 0.450. The van der Waals surface area contributed by atoms with Gasteiger partial charge in [-0.25, -0.2) is 13.6 Å². The van der Waals surface area contributed by atoms with Crippen LogP contribution >= 0.6 is 0 Å². The summed E-state index contributed by atoms with van der Waals surface area (Å²) in [5, 5.41) is 7.88. The molecule has 8 heteroatoms. The first-order valence-electron chi connectivity index (χ1n) is 8.00. The average Bonchev–Trinajstić information content (AvgIpc) is 2.53. The largest absolute Gasteiger partial charge is 0.375 e. The lowest BCUT2D eigenvalue weighted by atomic mass is 10.1. The number of nitrogens with two attached hydrogens (primary N) is 1. The maximum absolute atomic E-state index is 12.1. The Morgan fingerprint density at radius 1 is 1.38 bits per heavy atom. The van der Waals surface area contributed by atoms with Crippen LogP contribution < -0.4 is 10.5 Å². The zero-order valence-electron chi connectivity index (χ0n) is 14.1. The second-order valence-electron chi connectivity index (χ2n) is 6.25. The molecule has 1 amide bonds. The van der Waals surface area contributed by atoms with Gasteiger partial charge in [-0.1, -0.05) is 12.1 Å². The van der Waals surface area contributed by atoms with Gasteiger partial charge in [0.2, 0.25) is 15.9 Å². The van der Waals surface area contributed by atoms with Gasteiger partial charge in [-0.15, -0.1) is 0 Å². The third-order valence-corrected chi connectivity index (χ3v) is 4.98. The molecule has 2 rings (SSSR count). The van der Waals surface area contributed by atoms with Gasteiger partial charge < -0.3 is 10.1 Å². The number of benzene rings is 1. The van der Waals surface area contributed by atoms with Crippen molar-refractivity contribution in [3.05, 3.63) is 29.8 Å². The maximum Gasteiger partial charge on any atom is 0.238 e. The molecular formula is C16H25N3O4S. The Morgan fingerprint density at radius 2 is 2.04 bits per heavy atom. The van der Waals surface area contributed by atoms with Gasteiger partial charge >= 0.3 is 0 Å². The molecule has 1 aromatic carbocycles. The van der Waals surface area contributed by atoms with Crippen LogP contribution in [0, 0.1) is 0 Å². The first-order chi connectivity index (χ1) is 11.3. The minimum Gasteiger partial charge on any atom is -0.375 e. The Hall–Kier alpha value is -1.48. The fraction of sp³-hybridized carbons (Fsp3) is 0.562. The summed E-state index contributed by atoms with van der Waals surface area (Å²) in [6.45, 7) is 6.90. The number of hydrogen-bond donors (Lipinski definition) is 2. The van der Waals surface area contributed by atoms with Crippen molar-refractivity contribution < 1.29 is 17.9 Å². The lowest BCUT2D eigenvalue weighted by molar-refractivity contribution is -0.126. The van der Waals surface area contributed by atoms with E-state index >= 15 is 0 Å². The Balaban J connectivity index is 1.81. The van der Waals surface area contributed by atoms with Crippen LogP contribution in [0.1, 0.15) is 25.8 Å². The molecule has 1 aromatic rings. The lowest BCUT2D eigenvalue weighted by Crippen LogP contribution is -2.47. The zero-order chi connectivity index (χ0) is 17.7. The summed E-state index contributed by atoms with van der Waals surface area (Å²) < 4.78 is 28.0. The van der Waals surface area contributed by atoms with E-state index in [0.717, 1.165) is 18.7 Å². The molecule has 3 N–H and O–H groups in total. The number of nitrogens with zero attached hydrogens (tertiary/aromatic N) is 1. The third kappa shape index (κ3) is 5.55. The van der Waals surface area contributed by atoms with Gasteiger partial charge in [0.05, 0.1) is 24.0 Å². The van der Waals surface area contributed by atoms with Gasteiger partial charge in [0.25, 0.3) is 0 Å². The summed E-state index contributed by atoms with van der Waals surface area (Å²) in [7, 11) is -3.69. The van der Waals surface area contributed by atoms with E-state index in [-0.39, 0.29) is 16.9 Å². The first-order valence-corrected chi connectivity index (χ1v) is 9.54. The van der Waals surface area contributed by atoms with E-state index < -0.39 is 10.0 Å². The minimum atomic E-state index is -3.69. The molecule has 0 saturated carbocycles. The molecule has 1 aliphatic heterocycles. The number of rotatable bonds is 6. The molecule has 0 aliphatic carbocycles. The summed E-state index contributed by atoms with van der Waals surface area (Å²) in [6, 6.07) is 6.58. The Morgan fingerprint density at radius 3 is 2.62 bits per heavy atom. The molecule has 0 bridgehead atoms. The molecule has 0 aromatic heterocycles. The van der Waals surface area contributed by atoms with Crippen LogP contribution in [0.25, 0.3) is 0 Å². The summed E-state index contributed by atoms with van der Waals surface area (Å²) in [5.74, 6) is -0.0823. The van der Waals surface area contributed by atoms with Crippen LogP contribution in [0.4, 0.5) is 0 Å². The summed E-state index contributed by atoms with van der Waals surface area (Å²) in [6.07, 6.45) is 0.226. The normalized spacial score (nSPS) is 19.4. The van der Waals surface area contributed by atoms with E-state index in [9.17, 15) is 13.2 Å². The van der Waals surface area contributed by atoms with E-state index in [2.05, 4.69) is 24.1 Å². The highest BCUT2D eigenvalue weighted by molar-refractivity contribution is 7.89. The molecule has 1 saturated heterocycles. The summed E-state index contributed by atoms with van der Waals surface area (Å²) in [5.41, 5.74) is 0.809. The van der Waals surface area contributed by atoms with Crippen molar-refractivity contribution in [1.82, 2.24) is 10.2 Å². The van der Waals surface area contributed by atoms with Crippen LogP contribution in [0.3, 0.4) is 0 Å². The van der Waals surface area contributed by atoms with E-state index in [0.29, 0.717) is 25.6 Å². The summed E-state index contributed by atoms with van der Waals surface area (Å²) in [4.78, 5) is 14.4. The fourth-order valence-corrected chi connectivity index (χ4v) is 3.13. The second-order valence-corrected chi connectivity index (χ2v) is 7.81. The van der Waals surface area contributed by atoms with Crippen molar-refractivity contribution in [2.45, 2.75) is 43.9 Å². The van der Waals surface area contributed by atoms with E-state index in [1.807, 2.05) is 0 Å². The van der Waals surface area contributed by atoms with Gasteiger partial charge in [-0.3, -0.25) is 9.69 Å². The molecule has 0 radical (unpaired) electrons. The Kier molecular flexibility index (Phi) is 6.34. The fourth-order valence-electron chi connectivity index (χ4n) is 2.61. The molecule has 1 aliphatic rings. The lowest BCUT2D eigenvalue weighted by Gasteiger charge is -2.35. The SMILES string of the molecule is CC(C)N1CCO[C@@H](CC(=O)NCc2ccc(S(N)(=O)=O)cc2)C1. The number of hydrogen-bond acceptors (Lipinski definition) is 5. The van der Waals surface area contributed by atoms with E-state index in [1.54, 1.807) is 12.1 Å². The van der Waals surface area contributed by atoms with E-state index in [4.69, 9.17) is 9.88 Å². The monoisotopic (exact) mass is 355 g/mol. The molecule has 7 nitrogen and oxygen atoms in total. The number of primary sulfonamides is 1. The Bertz CT molecular complexity index is 658. The van der Waals surface area contributed by atoms with Crippen molar-refractivity contribution in [1.29, 1.82) is 0 Å². The zero-order valence-corrected chi connectivity index (χ0v) is 14.9. The van der Waals surface area contributed by atoms with Crippen LogP contribution in [0.15, 0.2) is 29.2 Å². The van der Waals surface area contributed by atoms with Crippen molar-refractivity contribution in [3.63, 3.8) is 0 Å². The molecule has 1 atom stereocenters. The van der Waals surface area contributed by atoms with Gasteiger partial charge in [-0.2, -0.15) is 0 Å². The molecule has 0 unspecified atom stereocenters. The van der Waals surface area contributed by atoms with Crippen molar-refractivity contribution in [2.75, 3.05) is 19.7 Å². The van der Waals surface area contributed by atoms with E-state index in [1.165, 1.54) is 12.1 Å². The molecule has 0 spiro atoms. The predicted molar refractivity (Wildman–Crippen MR) is 90.7 cm³/mol. The van der Waals surface area contributed by atoms with Crippen molar-refractivity contribution in [2.24, 2.45) is 5.14 Å². The number of nitrogens with one attached hydrogen (secondary N) is 1. The van der Waals surface area contributed by atoms with Gasteiger partial charge in [0.15, 0.2) is 0 Å². The van der Waals surface area contributed by atoms with Crippen LogP contribution in [0.2, 0.25) is 0 Å². The molecular weight excluding hydrogens is 330 g/mol. The molecule has 1 fully saturated rings. The number of carbonyl (C=O) groups is 1. The first kappa shape index (κ1) is 18.9. The standard InChI is InChI=1S/C16H25N3O4S/c1-12(2)19-7-8-23-14(11-19)9-16(20)18-10-13-3-5-15(6-4-13)24(17,21)22/h3-6,12,14H,7-11H2,1-2H3,(H,18,20)(H2,17,21,22)/t14-/m0/s1. The van der Waals surface area contributed by atoms with Gasteiger partial charge in [0, 0.05) is 25.7 Å². The quantitative estimate of drug-likeness (QED) is 0.771. The van der Waals surface area contributed by atoms with Crippen LogP contribution in [0.5, 0.6) is 0 Å². The molecule has 134 valence electrons. The highest BCUT2D eigenvalue weighted by Gasteiger charge is 2.24. The number of ether oxygens (including phenoxy) is 1. The number of morpholine rings is 1. The van der Waals surface area contributed by atoms with Crippen molar-refractivity contribution in [3.8, 4) is 0 Å². The minimum absolute atomic E-state index is 0.0574. The number of sulfonamides is 1. The van der Waals surface area contributed by atoms with Crippen molar-refractivity contribution >= 4 is 15.9 Å². The van der Waals surface area contributed by atoms with Crippen LogP contribution in [-0.2, 0) is 26.1 Å². The highest BCUT2D eigenvalue weighted by Crippen LogP contribution is 2.12. The Labute approximate surface area is 143 Å². The maximum atomic E-state index is 12.1. The molecule has 24 heavy (non-hydrogen) atoms. The second kappa shape index (κ2) is 8.06. The number of carbonyl (C=O) groups excluding carboxylic acids is 1. The smallest absolute Gasteiger partial charge is 0.238 e. The summed E-state index contributed by atoms with van der Waals surface area (Å²) >= 11 is 0. The highest BCUT2D eigenvalue weighted by atomic mass is 32.2.